The topological polar surface area (TPSA) is 103 Å². The monoisotopic (exact) mass is 385 g/mol. The minimum Gasteiger partial charge on any atom is -0.495 e. The van der Waals surface area contributed by atoms with Gasteiger partial charge >= 0.3 is 0 Å². The van der Waals surface area contributed by atoms with E-state index in [2.05, 4.69) is 20.3 Å². The normalized spacial score (nSPS) is 10.7. The van der Waals surface area contributed by atoms with Gasteiger partial charge in [0.05, 0.1) is 18.8 Å². The highest BCUT2D eigenvalue weighted by atomic mass is 16.5. The highest BCUT2D eigenvalue weighted by Crippen LogP contribution is 2.34. The third-order valence-electron chi connectivity index (χ3n) is 4.48. The fourth-order valence-corrected chi connectivity index (χ4v) is 3.20. The average molecular weight is 385 g/mol. The minimum absolute atomic E-state index is 0.130. The molecule has 4 rings (SSSR count). The number of aromatic nitrogens is 3. The van der Waals surface area contributed by atoms with Crippen molar-refractivity contribution in [1.29, 1.82) is 0 Å². The molecule has 0 aliphatic rings. The number of nitrogens with one attached hydrogen (secondary N) is 1. The van der Waals surface area contributed by atoms with Gasteiger partial charge in [0.25, 0.3) is 0 Å². The molecule has 7 nitrogen and oxygen atoms in total. The molecule has 0 unspecified atom stereocenters. The number of carbonyl (C=O) groups excluding carboxylic acids is 1. The van der Waals surface area contributed by atoms with Crippen molar-refractivity contribution < 1.29 is 9.53 Å². The number of nitrogens with two attached hydrogens (primary N) is 1. The number of nitrogens with zero attached hydrogens (tertiary/aromatic N) is 3. The summed E-state index contributed by atoms with van der Waals surface area (Å²) in [6, 6.07) is 13.5. The van der Waals surface area contributed by atoms with E-state index in [1.807, 2.05) is 42.5 Å². The second-order valence-electron chi connectivity index (χ2n) is 6.57. The van der Waals surface area contributed by atoms with E-state index in [1.54, 1.807) is 25.7 Å². The number of fused-ring (bicyclic) bond motifs is 1. The summed E-state index contributed by atoms with van der Waals surface area (Å²) in [6.07, 6.45) is 5.14. The first-order valence-corrected chi connectivity index (χ1v) is 8.97. The van der Waals surface area contributed by atoms with Crippen LogP contribution in [0, 0.1) is 0 Å². The Morgan fingerprint density at radius 2 is 1.90 bits per heavy atom. The molecule has 2 heterocycles. The SMILES string of the molecule is COc1cncc(-c2cc(-c3cccc(NC(C)=O)c3)c3nc(N)ncc3c2)c1. The number of amides is 1. The van der Waals surface area contributed by atoms with Crippen molar-refractivity contribution in [3.05, 3.63) is 61.1 Å². The van der Waals surface area contributed by atoms with E-state index in [0.717, 1.165) is 33.2 Å². The van der Waals surface area contributed by atoms with Gasteiger partial charge in [0.2, 0.25) is 11.9 Å². The zero-order valence-electron chi connectivity index (χ0n) is 16.0. The van der Waals surface area contributed by atoms with Gasteiger partial charge in [-0.3, -0.25) is 9.78 Å². The predicted molar refractivity (Wildman–Crippen MR) is 113 cm³/mol. The van der Waals surface area contributed by atoms with Gasteiger partial charge in [-0.1, -0.05) is 12.1 Å². The fraction of sp³-hybridized carbons (Fsp3) is 0.0909. The van der Waals surface area contributed by atoms with Crippen molar-refractivity contribution in [1.82, 2.24) is 15.0 Å². The molecule has 0 aliphatic carbocycles. The van der Waals surface area contributed by atoms with Crippen LogP contribution in [0.15, 0.2) is 61.1 Å². The van der Waals surface area contributed by atoms with E-state index < -0.39 is 0 Å². The predicted octanol–water partition coefficient (Wildman–Crippen LogP) is 3.91. The van der Waals surface area contributed by atoms with Crippen LogP contribution in [-0.2, 0) is 4.79 Å². The highest BCUT2D eigenvalue weighted by molar-refractivity contribution is 5.98. The van der Waals surface area contributed by atoms with Crippen LogP contribution in [-0.4, -0.2) is 28.0 Å². The average Bonchev–Trinajstić information content (AvgIpc) is 2.72. The molecule has 0 spiro atoms. The van der Waals surface area contributed by atoms with Crippen molar-refractivity contribution in [3.8, 4) is 28.0 Å². The second-order valence-corrected chi connectivity index (χ2v) is 6.57. The van der Waals surface area contributed by atoms with Gasteiger partial charge in [-0.2, -0.15) is 0 Å². The molecule has 0 saturated heterocycles. The van der Waals surface area contributed by atoms with Crippen molar-refractivity contribution in [2.24, 2.45) is 0 Å². The Balaban J connectivity index is 1.94. The molecule has 0 atom stereocenters. The Morgan fingerprint density at radius 3 is 2.69 bits per heavy atom. The molecule has 4 aromatic rings. The summed E-state index contributed by atoms with van der Waals surface area (Å²) in [6.45, 7) is 1.48. The number of ether oxygens (including phenoxy) is 1. The standard InChI is InChI=1S/C22H19N5O2/c1-13(28)26-18-5-3-4-14(7-18)20-9-15(16-8-19(29-2)12-24-10-16)6-17-11-25-22(23)27-21(17)20/h3-12H,1-2H3,(H,26,28)(H2,23,25,27). The zero-order chi connectivity index (χ0) is 20.4. The van der Waals surface area contributed by atoms with Gasteiger partial charge in [-0.25, -0.2) is 9.97 Å². The van der Waals surface area contributed by atoms with E-state index in [9.17, 15) is 4.79 Å². The van der Waals surface area contributed by atoms with Crippen molar-refractivity contribution in [3.63, 3.8) is 0 Å². The van der Waals surface area contributed by atoms with Gasteiger partial charge in [0.1, 0.15) is 5.75 Å². The second kappa shape index (κ2) is 7.55. The summed E-state index contributed by atoms with van der Waals surface area (Å²) >= 11 is 0. The van der Waals surface area contributed by atoms with Gasteiger partial charge in [0.15, 0.2) is 0 Å². The minimum atomic E-state index is -0.130. The highest BCUT2D eigenvalue weighted by Gasteiger charge is 2.12. The number of nitrogen functional groups attached to an aromatic ring is 1. The lowest BCUT2D eigenvalue weighted by Crippen LogP contribution is -2.05. The molecular formula is C22H19N5O2. The first-order chi connectivity index (χ1) is 14.0. The van der Waals surface area contributed by atoms with E-state index in [-0.39, 0.29) is 11.9 Å². The van der Waals surface area contributed by atoms with E-state index in [1.165, 1.54) is 6.92 Å². The Kier molecular flexibility index (Phi) is 4.78. The third-order valence-corrected chi connectivity index (χ3v) is 4.48. The molecule has 0 aliphatic heterocycles. The quantitative estimate of drug-likeness (QED) is 0.552. The van der Waals surface area contributed by atoms with Crippen molar-refractivity contribution in [2.75, 3.05) is 18.2 Å². The Morgan fingerprint density at radius 1 is 1.03 bits per heavy atom. The fourth-order valence-electron chi connectivity index (χ4n) is 3.20. The molecule has 144 valence electrons. The summed E-state index contributed by atoms with van der Waals surface area (Å²) in [5, 5.41) is 3.66. The molecule has 7 heteroatoms. The molecular weight excluding hydrogens is 366 g/mol. The lowest BCUT2D eigenvalue weighted by atomic mass is 9.96. The summed E-state index contributed by atoms with van der Waals surface area (Å²) in [7, 11) is 1.61. The van der Waals surface area contributed by atoms with Crippen molar-refractivity contribution in [2.45, 2.75) is 6.92 Å². The molecule has 0 fully saturated rings. The van der Waals surface area contributed by atoms with Crippen LogP contribution in [0.5, 0.6) is 5.75 Å². The molecule has 2 aromatic carbocycles. The number of rotatable bonds is 4. The van der Waals surface area contributed by atoms with E-state index in [0.29, 0.717) is 11.4 Å². The number of hydrogen-bond donors (Lipinski definition) is 2. The molecule has 0 bridgehead atoms. The first kappa shape index (κ1) is 18.4. The van der Waals surface area contributed by atoms with Crippen LogP contribution in [0.3, 0.4) is 0 Å². The molecule has 2 aromatic heterocycles. The van der Waals surface area contributed by atoms with Gasteiger partial charge < -0.3 is 15.8 Å². The van der Waals surface area contributed by atoms with Crippen LogP contribution in [0.4, 0.5) is 11.6 Å². The van der Waals surface area contributed by atoms with Crippen LogP contribution >= 0.6 is 0 Å². The van der Waals surface area contributed by atoms with Crippen LogP contribution in [0.1, 0.15) is 6.92 Å². The number of pyridine rings is 1. The number of benzene rings is 2. The molecule has 3 N–H and O–H groups in total. The maximum absolute atomic E-state index is 11.5. The van der Waals surface area contributed by atoms with Crippen molar-refractivity contribution >= 4 is 28.4 Å². The molecule has 29 heavy (non-hydrogen) atoms. The smallest absolute Gasteiger partial charge is 0.221 e. The van der Waals surface area contributed by atoms with Gasteiger partial charge in [0, 0.05) is 41.5 Å². The Hall–Kier alpha value is -4.00. The summed E-state index contributed by atoms with van der Waals surface area (Å²) in [5.74, 6) is 0.743. The summed E-state index contributed by atoms with van der Waals surface area (Å²) < 4.78 is 5.30. The summed E-state index contributed by atoms with van der Waals surface area (Å²) in [5.41, 5.74) is 10.9. The van der Waals surface area contributed by atoms with Gasteiger partial charge in [-0.05, 0) is 41.5 Å². The van der Waals surface area contributed by atoms with Crippen LogP contribution in [0.2, 0.25) is 0 Å². The first-order valence-electron chi connectivity index (χ1n) is 8.97. The van der Waals surface area contributed by atoms with Gasteiger partial charge in [-0.15, -0.1) is 0 Å². The Labute approximate surface area is 167 Å². The van der Waals surface area contributed by atoms with Crippen LogP contribution < -0.4 is 15.8 Å². The third kappa shape index (κ3) is 3.84. The largest absolute Gasteiger partial charge is 0.495 e. The maximum Gasteiger partial charge on any atom is 0.221 e. The molecule has 1 amide bonds. The molecule has 0 radical (unpaired) electrons. The Bertz CT molecular complexity index is 1220. The number of hydrogen-bond acceptors (Lipinski definition) is 6. The lowest BCUT2D eigenvalue weighted by Gasteiger charge is -2.12. The zero-order valence-corrected chi connectivity index (χ0v) is 16.0. The van der Waals surface area contributed by atoms with E-state index in [4.69, 9.17) is 10.5 Å². The number of anilines is 2. The summed E-state index contributed by atoms with van der Waals surface area (Å²) in [4.78, 5) is 24.3. The number of carbonyl (C=O) groups is 1. The van der Waals surface area contributed by atoms with Crippen LogP contribution in [0.25, 0.3) is 33.2 Å². The number of methoxy groups -OCH3 is 1. The lowest BCUT2D eigenvalue weighted by molar-refractivity contribution is -0.114. The van der Waals surface area contributed by atoms with E-state index >= 15 is 0 Å². The molecule has 0 saturated carbocycles. The maximum atomic E-state index is 11.5.